The van der Waals surface area contributed by atoms with Crippen LogP contribution in [0.3, 0.4) is 0 Å². The maximum absolute atomic E-state index is 11.2. The van der Waals surface area contributed by atoms with Gasteiger partial charge in [0.2, 0.25) is 5.82 Å². The average Bonchev–Trinajstić information content (AvgIpc) is 2.55. The van der Waals surface area contributed by atoms with E-state index in [9.17, 15) is 10.1 Å². The highest BCUT2D eigenvalue weighted by Gasteiger charge is 2.30. The van der Waals surface area contributed by atoms with Crippen LogP contribution in [0.15, 0.2) is 48.7 Å². The zero-order valence-corrected chi connectivity index (χ0v) is 11.4. The van der Waals surface area contributed by atoms with E-state index in [0.29, 0.717) is 25.6 Å². The fourth-order valence-electron chi connectivity index (χ4n) is 2.56. The minimum Gasteiger partial charge on any atom is -0.377 e. The van der Waals surface area contributed by atoms with Gasteiger partial charge >= 0.3 is 5.69 Å². The number of rotatable bonds is 3. The van der Waals surface area contributed by atoms with Crippen molar-refractivity contribution in [2.75, 3.05) is 24.7 Å². The van der Waals surface area contributed by atoms with E-state index in [1.165, 1.54) is 6.07 Å². The lowest BCUT2D eigenvalue weighted by molar-refractivity contribution is -0.384. The molecule has 21 heavy (non-hydrogen) atoms. The van der Waals surface area contributed by atoms with E-state index < -0.39 is 0 Å². The van der Waals surface area contributed by atoms with Gasteiger partial charge in [0.1, 0.15) is 0 Å². The lowest BCUT2D eigenvalue weighted by Crippen LogP contribution is -2.40. The number of aromatic nitrogens is 1. The Bertz CT molecular complexity index is 633. The van der Waals surface area contributed by atoms with E-state index in [-0.39, 0.29) is 16.7 Å². The van der Waals surface area contributed by atoms with Crippen molar-refractivity contribution in [3.63, 3.8) is 0 Å². The molecule has 1 aliphatic rings. The normalized spacial score (nSPS) is 18.5. The van der Waals surface area contributed by atoms with Gasteiger partial charge in [0, 0.05) is 18.8 Å². The molecule has 0 saturated carbocycles. The Kier molecular flexibility index (Phi) is 3.79. The van der Waals surface area contributed by atoms with Crippen LogP contribution >= 0.6 is 0 Å². The summed E-state index contributed by atoms with van der Waals surface area (Å²) >= 11 is 0. The SMILES string of the molecule is O=[N+]([O-])c1cccnc1N1CCOC[C@H]1c1ccccc1. The lowest BCUT2D eigenvalue weighted by Gasteiger charge is -2.36. The van der Waals surface area contributed by atoms with E-state index in [1.54, 1.807) is 12.3 Å². The van der Waals surface area contributed by atoms with Gasteiger partial charge in [-0.3, -0.25) is 10.1 Å². The summed E-state index contributed by atoms with van der Waals surface area (Å²) in [4.78, 5) is 17.0. The molecule has 1 atom stereocenters. The highest BCUT2D eigenvalue weighted by molar-refractivity contribution is 5.59. The zero-order chi connectivity index (χ0) is 14.7. The molecular weight excluding hydrogens is 270 g/mol. The highest BCUT2D eigenvalue weighted by Crippen LogP contribution is 2.33. The summed E-state index contributed by atoms with van der Waals surface area (Å²) in [7, 11) is 0. The van der Waals surface area contributed by atoms with Crippen molar-refractivity contribution in [2.24, 2.45) is 0 Å². The molecule has 6 nitrogen and oxygen atoms in total. The Balaban J connectivity index is 2.01. The molecule has 2 heterocycles. The fraction of sp³-hybridized carbons (Fsp3) is 0.267. The molecule has 1 saturated heterocycles. The third kappa shape index (κ3) is 2.71. The maximum Gasteiger partial charge on any atom is 0.311 e. The van der Waals surface area contributed by atoms with Gasteiger partial charge < -0.3 is 9.64 Å². The summed E-state index contributed by atoms with van der Waals surface area (Å²) in [6, 6.07) is 12.9. The van der Waals surface area contributed by atoms with Gasteiger partial charge in [0.05, 0.1) is 24.2 Å². The number of hydrogen-bond donors (Lipinski definition) is 0. The molecule has 1 aromatic heterocycles. The van der Waals surface area contributed by atoms with Crippen LogP contribution in [0.5, 0.6) is 0 Å². The quantitative estimate of drug-likeness (QED) is 0.640. The van der Waals surface area contributed by atoms with Crippen molar-refractivity contribution in [2.45, 2.75) is 6.04 Å². The number of benzene rings is 1. The predicted octanol–water partition coefficient (Wildman–Crippen LogP) is 2.57. The largest absolute Gasteiger partial charge is 0.377 e. The molecule has 0 radical (unpaired) electrons. The van der Waals surface area contributed by atoms with Crippen molar-refractivity contribution in [3.8, 4) is 0 Å². The average molecular weight is 285 g/mol. The first-order chi connectivity index (χ1) is 10.3. The maximum atomic E-state index is 11.2. The van der Waals surface area contributed by atoms with Gasteiger partial charge in [-0.25, -0.2) is 4.98 Å². The summed E-state index contributed by atoms with van der Waals surface area (Å²) in [6.45, 7) is 1.62. The van der Waals surface area contributed by atoms with E-state index >= 15 is 0 Å². The molecule has 108 valence electrons. The van der Waals surface area contributed by atoms with Gasteiger partial charge in [-0.15, -0.1) is 0 Å². The number of pyridine rings is 1. The number of morpholine rings is 1. The monoisotopic (exact) mass is 285 g/mol. The van der Waals surface area contributed by atoms with Crippen molar-refractivity contribution in [1.82, 2.24) is 4.98 Å². The van der Waals surface area contributed by atoms with Crippen LogP contribution in [0.25, 0.3) is 0 Å². The Hall–Kier alpha value is -2.47. The molecule has 0 unspecified atom stereocenters. The Morgan fingerprint density at radius 1 is 1.24 bits per heavy atom. The van der Waals surface area contributed by atoms with Crippen LogP contribution in [0.2, 0.25) is 0 Å². The van der Waals surface area contributed by atoms with Gasteiger partial charge in [0.15, 0.2) is 0 Å². The van der Waals surface area contributed by atoms with Crippen LogP contribution in [-0.4, -0.2) is 29.7 Å². The number of nitro groups is 1. The van der Waals surface area contributed by atoms with E-state index in [2.05, 4.69) is 4.98 Å². The van der Waals surface area contributed by atoms with Gasteiger partial charge in [-0.05, 0) is 11.6 Å². The van der Waals surface area contributed by atoms with Crippen molar-refractivity contribution in [3.05, 3.63) is 64.3 Å². The Morgan fingerprint density at radius 3 is 2.81 bits per heavy atom. The van der Waals surface area contributed by atoms with Crippen LogP contribution < -0.4 is 4.90 Å². The summed E-state index contributed by atoms with van der Waals surface area (Å²) in [5, 5.41) is 11.2. The summed E-state index contributed by atoms with van der Waals surface area (Å²) in [5.74, 6) is 0.402. The van der Waals surface area contributed by atoms with Crippen molar-refractivity contribution < 1.29 is 9.66 Å². The van der Waals surface area contributed by atoms with Crippen LogP contribution in [0, 0.1) is 10.1 Å². The van der Waals surface area contributed by atoms with Crippen LogP contribution in [0.4, 0.5) is 11.5 Å². The van der Waals surface area contributed by atoms with E-state index in [1.807, 2.05) is 35.2 Å². The summed E-state index contributed by atoms with van der Waals surface area (Å²) in [5.41, 5.74) is 1.09. The molecule has 1 aromatic carbocycles. The van der Waals surface area contributed by atoms with Crippen LogP contribution in [-0.2, 0) is 4.74 Å². The van der Waals surface area contributed by atoms with Crippen molar-refractivity contribution in [1.29, 1.82) is 0 Å². The smallest absolute Gasteiger partial charge is 0.311 e. The highest BCUT2D eigenvalue weighted by atomic mass is 16.6. The second kappa shape index (κ2) is 5.88. The first-order valence-electron chi connectivity index (χ1n) is 6.76. The molecule has 0 amide bonds. The van der Waals surface area contributed by atoms with Gasteiger partial charge in [-0.1, -0.05) is 30.3 Å². The predicted molar refractivity (Wildman–Crippen MR) is 78.2 cm³/mol. The Morgan fingerprint density at radius 2 is 2.05 bits per heavy atom. The molecule has 0 aliphatic carbocycles. The standard InChI is InChI=1S/C15H15N3O3/c19-18(20)13-7-4-8-16-15(13)17-9-10-21-11-14(17)12-5-2-1-3-6-12/h1-8,14H,9-11H2/t14-/m0/s1. The van der Waals surface area contributed by atoms with E-state index in [0.717, 1.165) is 5.56 Å². The summed E-state index contributed by atoms with van der Waals surface area (Å²) < 4.78 is 5.55. The third-order valence-corrected chi connectivity index (χ3v) is 3.55. The molecule has 2 aromatic rings. The molecule has 0 bridgehead atoms. The van der Waals surface area contributed by atoms with E-state index in [4.69, 9.17) is 4.74 Å². The van der Waals surface area contributed by atoms with Crippen LogP contribution in [0.1, 0.15) is 11.6 Å². The van der Waals surface area contributed by atoms with Crippen molar-refractivity contribution >= 4 is 11.5 Å². The number of nitrogens with zero attached hydrogens (tertiary/aromatic N) is 3. The van der Waals surface area contributed by atoms with Gasteiger partial charge in [0.25, 0.3) is 0 Å². The fourth-order valence-corrected chi connectivity index (χ4v) is 2.56. The first-order valence-corrected chi connectivity index (χ1v) is 6.76. The number of hydrogen-bond acceptors (Lipinski definition) is 5. The third-order valence-electron chi connectivity index (χ3n) is 3.55. The zero-order valence-electron chi connectivity index (χ0n) is 11.4. The molecule has 1 fully saturated rings. The molecule has 1 aliphatic heterocycles. The Labute approximate surface area is 122 Å². The van der Waals surface area contributed by atoms with Gasteiger partial charge in [-0.2, -0.15) is 0 Å². The first kappa shape index (κ1) is 13.5. The minimum absolute atomic E-state index is 0.0281. The second-order valence-corrected chi connectivity index (χ2v) is 4.80. The second-order valence-electron chi connectivity index (χ2n) is 4.80. The summed E-state index contributed by atoms with van der Waals surface area (Å²) in [6.07, 6.45) is 1.58. The molecule has 0 N–H and O–H groups in total. The molecule has 6 heteroatoms. The molecule has 0 spiro atoms. The topological polar surface area (TPSA) is 68.5 Å². The minimum atomic E-state index is -0.389. The lowest BCUT2D eigenvalue weighted by atomic mass is 10.0. The number of ether oxygens (including phenoxy) is 1. The number of anilines is 1. The molecule has 3 rings (SSSR count). The molecular formula is C15H15N3O3.